The van der Waals surface area contributed by atoms with Crippen molar-refractivity contribution in [1.29, 1.82) is 0 Å². The summed E-state index contributed by atoms with van der Waals surface area (Å²) in [5.74, 6) is 0.666. The van der Waals surface area contributed by atoms with Crippen LogP contribution in [0.1, 0.15) is 46.5 Å². The maximum Gasteiger partial charge on any atom is 0.0913 e. The van der Waals surface area contributed by atoms with Gasteiger partial charge in [-0.05, 0) is 38.5 Å². The molecule has 2 nitrogen and oxygen atoms in total. The van der Waals surface area contributed by atoms with E-state index in [0.29, 0.717) is 5.92 Å². The largest absolute Gasteiger partial charge is 0.390 e. The molecule has 1 heterocycles. The van der Waals surface area contributed by atoms with Crippen LogP contribution in [0.15, 0.2) is 0 Å². The Morgan fingerprint density at radius 2 is 2.08 bits per heavy atom. The normalized spacial score (nSPS) is 31.2. The van der Waals surface area contributed by atoms with Crippen LogP contribution in [0.5, 0.6) is 0 Å². The van der Waals surface area contributed by atoms with E-state index in [4.69, 9.17) is 4.74 Å². The van der Waals surface area contributed by atoms with Crippen molar-refractivity contribution < 1.29 is 9.84 Å². The van der Waals surface area contributed by atoms with Crippen molar-refractivity contribution in [2.45, 2.75) is 58.2 Å². The molecule has 1 N–H and O–H groups in total. The van der Waals surface area contributed by atoms with Gasteiger partial charge in [0, 0.05) is 6.61 Å². The van der Waals surface area contributed by atoms with Crippen LogP contribution in [0.4, 0.5) is 0 Å². The van der Waals surface area contributed by atoms with Crippen LogP contribution in [-0.4, -0.2) is 23.4 Å². The number of aliphatic hydroxyl groups excluding tert-OH is 1. The molecule has 0 saturated carbocycles. The zero-order valence-corrected chi connectivity index (χ0v) is 9.05. The van der Waals surface area contributed by atoms with Crippen molar-refractivity contribution in [3.63, 3.8) is 0 Å². The summed E-state index contributed by atoms with van der Waals surface area (Å²) in [4.78, 5) is 0. The topological polar surface area (TPSA) is 29.5 Å². The average molecular weight is 186 g/mol. The third-order valence-electron chi connectivity index (χ3n) is 2.97. The molecule has 0 radical (unpaired) electrons. The van der Waals surface area contributed by atoms with Crippen molar-refractivity contribution in [3.05, 3.63) is 0 Å². The maximum atomic E-state index is 9.93. The number of rotatable bonds is 4. The predicted molar refractivity (Wildman–Crippen MR) is 53.7 cm³/mol. The molecule has 1 rings (SSSR count). The molecule has 1 aliphatic heterocycles. The van der Waals surface area contributed by atoms with Crippen LogP contribution in [0, 0.1) is 5.92 Å². The lowest BCUT2D eigenvalue weighted by Crippen LogP contribution is -2.38. The van der Waals surface area contributed by atoms with Crippen molar-refractivity contribution in [1.82, 2.24) is 0 Å². The fourth-order valence-electron chi connectivity index (χ4n) is 1.86. The zero-order valence-electron chi connectivity index (χ0n) is 9.05. The number of hydrogen-bond acceptors (Lipinski definition) is 2. The predicted octanol–water partition coefficient (Wildman–Crippen LogP) is 2.35. The highest BCUT2D eigenvalue weighted by Crippen LogP contribution is 2.31. The van der Waals surface area contributed by atoms with E-state index in [-0.39, 0.29) is 11.7 Å². The quantitative estimate of drug-likeness (QED) is 0.730. The van der Waals surface area contributed by atoms with Gasteiger partial charge >= 0.3 is 0 Å². The van der Waals surface area contributed by atoms with Gasteiger partial charge in [-0.3, -0.25) is 0 Å². The first-order valence-corrected chi connectivity index (χ1v) is 5.36. The Hall–Kier alpha value is -0.0800. The van der Waals surface area contributed by atoms with Crippen LogP contribution in [0.3, 0.4) is 0 Å². The molecule has 0 aromatic rings. The van der Waals surface area contributed by atoms with E-state index in [1.165, 1.54) is 0 Å². The van der Waals surface area contributed by atoms with E-state index in [2.05, 4.69) is 13.8 Å². The van der Waals surface area contributed by atoms with Gasteiger partial charge in [-0.25, -0.2) is 0 Å². The smallest absolute Gasteiger partial charge is 0.0913 e. The molecular formula is C11H22O2. The fraction of sp³-hybridized carbons (Fsp3) is 1.00. The van der Waals surface area contributed by atoms with Gasteiger partial charge in [0.05, 0.1) is 11.7 Å². The average Bonchev–Trinajstić information content (AvgIpc) is 2.49. The minimum Gasteiger partial charge on any atom is -0.390 e. The minimum atomic E-state index is -0.280. The second kappa shape index (κ2) is 4.43. The molecule has 13 heavy (non-hydrogen) atoms. The van der Waals surface area contributed by atoms with Crippen molar-refractivity contribution in [3.8, 4) is 0 Å². The Morgan fingerprint density at radius 1 is 1.38 bits per heavy atom. The van der Waals surface area contributed by atoms with E-state index in [9.17, 15) is 5.11 Å². The Kier molecular flexibility index (Phi) is 3.74. The van der Waals surface area contributed by atoms with Gasteiger partial charge in [0.2, 0.25) is 0 Å². The van der Waals surface area contributed by atoms with Crippen molar-refractivity contribution in [2.75, 3.05) is 6.61 Å². The zero-order chi connectivity index (χ0) is 9.90. The van der Waals surface area contributed by atoms with Gasteiger partial charge in [0.15, 0.2) is 0 Å². The molecule has 2 atom stereocenters. The summed E-state index contributed by atoms with van der Waals surface area (Å²) in [7, 11) is 0. The van der Waals surface area contributed by atoms with E-state index in [1.54, 1.807) is 0 Å². The molecule has 1 aliphatic rings. The van der Waals surface area contributed by atoms with Crippen LogP contribution in [-0.2, 0) is 4.74 Å². The van der Waals surface area contributed by atoms with E-state index in [0.717, 1.165) is 32.3 Å². The van der Waals surface area contributed by atoms with Crippen LogP contribution >= 0.6 is 0 Å². The van der Waals surface area contributed by atoms with Gasteiger partial charge in [-0.15, -0.1) is 0 Å². The van der Waals surface area contributed by atoms with Gasteiger partial charge in [-0.1, -0.05) is 13.8 Å². The van der Waals surface area contributed by atoms with Crippen LogP contribution < -0.4 is 0 Å². The lowest BCUT2D eigenvalue weighted by atomic mass is 9.90. The third-order valence-corrected chi connectivity index (χ3v) is 2.97. The summed E-state index contributed by atoms with van der Waals surface area (Å²) in [6, 6.07) is 0. The number of aliphatic hydroxyl groups is 1. The molecule has 0 aromatic heterocycles. The molecule has 1 saturated heterocycles. The molecule has 0 spiro atoms. The molecule has 2 unspecified atom stereocenters. The standard InChI is InChI=1S/C11H22O2/c1-9(2)5-6-10(12)11(3)7-4-8-13-11/h9-10,12H,4-8H2,1-3H3. The third kappa shape index (κ3) is 2.96. The van der Waals surface area contributed by atoms with Crippen LogP contribution in [0.25, 0.3) is 0 Å². The first kappa shape index (κ1) is 11.0. The summed E-state index contributed by atoms with van der Waals surface area (Å²) >= 11 is 0. The Labute approximate surface area is 81.3 Å². The molecule has 2 heteroatoms. The maximum absolute atomic E-state index is 9.93. The molecular weight excluding hydrogens is 164 g/mol. The molecule has 78 valence electrons. The van der Waals surface area contributed by atoms with Gasteiger partial charge < -0.3 is 9.84 Å². The van der Waals surface area contributed by atoms with Gasteiger partial charge in [0.1, 0.15) is 0 Å². The summed E-state index contributed by atoms with van der Waals surface area (Å²) in [5.41, 5.74) is -0.255. The van der Waals surface area contributed by atoms with Gasteiger partial charge in [-0.2, -0.15) is 0 Å². The second-order valence-electron chi connectivity index (χ2n) is 4.75. The summed E-state index contributed by atoms with van der Waals surface area (Å²) in [5, 5.41) is 9.93. The van der Waals surface area contributed by atoms with Crippen LogP contribution in [0.2, 0.25) is 0 Å². The Morgan fingerprint density at radius 3 is 2.54 bits per heavy atom. The summed E-state index contributed by atoms with van der Waals surface area (Å²) in [6.45, 7) is 7.22. The lowest BCUT2D eigenvalue weighted by molar-refractivity contribution is -0.0817. The lowest BCUT2D eigenvalue weighted by Gasteiger charge is -2.29. The summed E-state index contributed by atoms with van der Waals surface area (Å²) in [6.07, 6.45) is 3.77. The fourth-order valence-corrected chi connectivity index (χ4v) is 1.86. The summed E-state index contributed by atoms with van der Waals surface area (Å²) < 4.78 is 5.58. The Balaban J connectivity index is 2.33. The molecule has 0 aromatic carbocycles. The monoisotopic (exact) mass is 186 g/mol. The van der Waals surface area contributed by atoms with Crippen molar-refractivity contribution in [2.24, 2.45) is 5.92 Å². The Bertz CT molecular complexity index is 148. The highest BCUT2D eigenvalue weighted by atomic mass is 16.5. The van der Waals surface area contributed by atoms with E-state index < -0.39 is 0 Å². The number of ether oxygens (including phenoxy) is 1. The first-order chi connectivity index (χ1) is 6.04. The molecule has 0 amide bonds. The second-order valence-corrected chi connectivity index (χ2v) is 4.75. The highest BCUT2D eigenvalue weighted by Gasteiger charge is 2.36. The SMILES string of the molecule is CC(C)CCC(O)C1(C)CCCO1. The minimum absolute atomic E-state index is 0.255. The van der Waals surface area contributed by atoms with E-state index in [1.807, 2.05) is 6.92 Å². The highest BCUT2D eigenvalue weighted by molar-refractivity contribution is 4.87. The molecule has 0 bridgehead atoms. The van der Waals surface area contributed by atoms with Gasteiger partial charge in [0.25, 0.3) is 0 Å². The number of hydrogen-bond donors (Lipinski definition) is 1. The van der Waals surface area contributed by atoms with Crippen molar-refractivity contribution >= 4 is 0 Å². The van der Waals surface area contributed by atoms with E-state index >= 15 is 0 Å². The first-order valence-electron chi connectivity index (χ1n) is 5.36. The molecule has 0 aliphatic carbocycles. The molecule has 1 fully saturated rings.